The van der Waals surface area contributed by atoms with Crippen LogP contribution in [0.1, 0.15) is 44.9 Å². The van der Waals surface area contributed by atoms with E-state index in [4.69, 9.17) is 4.74 Å². The standard InChI is InChI=1S/C11H18O/c1-2-4-8-11(7-3-1)9-5-6-10-12-11/h1-2H,3-10H2. The van der Waals surface area contributed by atoms with Crippen molar-refractivity contribution < 1.29 is 4.74 Å². The average molecular weight is 166 g/mol. The summed E-state index contributed by atoms with van der Waals surface area (Å²) in [6.07, 6.45) is 13.5. The van der Waals surface area contributed by atoms with Crippen molar-refractivity contribution in [3.05, 3.63) is 12.2 Å². The summed E-state index contributed by atoms with van der Waals surface area (Å²) < 4.78 is 5.95. The molecule has 1 saturated heterocycles. The van der Waals surface area contributed by atoms with Crippen LogP contribution >= 0.6 is 0 Å². The van der Waals surface area contributed by atoms with Crippen LogP contribution in [0.3, 0.4) is 0 Å². The van der Waals surface area contributed by atoms with E-state index in [-0.39, 0.29) is 5.60 Å². The predicted molar refractivity (Wildman–Crippen MR) is 50.1 cm³/mol. The highest BCUT2D eigenvalue weighted by atomic mass is 16.5. The Hall–Kier alpha value is -0.300. The van der Waals surface area contributed by atoms with Crippen LogP contribution in [0.2, 0.25) is 0 Å². The molecule has 0 N–H and O–H groups in total. The van der Waals surface area contributed by atoms with Crippen molar-refractivity contribution in [1.82, 2.24) is 0 Å². The molecule has 0 amide bonds. The molecule has 1 aliphatic carbocycles. The van der Waals surface area contributed by atoms with Crippen molar-refractivity contribution in [2.75, 3.05) is 6.61 Å². The van der Waals surface area contributed by atoms with Gasteiger partial charge in [0.1, 0.15) is 0 Å². The largest absolute Gasteiger partial charge is 0.375 e. The zero-order valence-electron chi connectivity index (χ0n) is 7.72. The molecule has 1 nitrogen and oxygen atoms in total. The fourth-order valence-electron chi connectivity index (χ4n) is 2.36. The third-order valence-electron chi connectivity index (χ3n) is 3.13. The lowest BCUT2D eigenvalue weighted by Gasteiger charge is -2.36. The second kappa shape index (κ2) is 3.61. The maximum Gasteiger partial charge on any atom is 0.0688 e. The Balaban J connectivity index is 1.98. The van der Waals surface area contributed by atoms with Crippen molar-refractivity contribution >= 4 is 0 Å². The summed E-state index contributed by atoms with van der Waals surface area (Å²) in [6.45, 7) is 1.00. The van der Waals surface area contributed by atoms with Gasteiger partial charge in [-0.15, -0.1) is 0 Å². The molecular formula is C11H18O. The number of rotatable bonds is 0. The van der Waals surface area contributed by atoms with Crippen LogP contribution in [0.25, 0.3) is 0 Å². The smallest absolute Gasteiger partial charge is 0.0688 e. The van der Waals surface area contributed by atoms with E-state index in [2.05, 4.69) is 12.2 Å². The van der Waals surface area contributed by atoms with Gasteiger partial charge in [0, 0.05) is 6.61 Å². The number of ether oxygens (including phenoxy) is 1. The zero-order chi connectivity index (χ0) is 8.28. The third kappa shape index (κ3) is 1.71. The molecule has 0 unspecified atom stereocenters. The quantitative estimate of drug-likeness (QED) is 0.502. The minimum Gasteiger partial charge on any atom is -0.375 e. The van der Waals surface area contributed by atoms with E-state index in [9.17, 15) is 0 Å². The van der Waals surface area contributed by atoms with Gasteiger partial charge in [0.15, 0.2) is 0 Å². The molecule has 68 valence electrons. The van der Waals surface area contributed by atoms with Gasteiger partial charge in [-0.25, -0.2) is 0 Å². The first-order valence-electron chi connectivity index (χ1n) is 5.20. The van der Waals surface area contributed by atoms with Crippen LogP contribution in [0.5, 0.6) is 0 Å². The third-order valence-corrected chi connectivity index (χ3v) is 3.13. The second-order valence-corrected chi connectivity index (χ2v) is 4.04. The zero-order valence-corrected chi connectivity index (χ0v) is 7.72. The van der Waals surface area contributed by atoms with Gasteiger partial charge in [0.2, 0.25) is 0 Å². The van der Waals surface area contributed by atoms with Gasteiger partial charge in [0.05, 0.1) is 5.60 Å². The van der Waals surface area contributed by atoms with E-state index in [0.29, 0.717) is 0 Å². The molecule has 1 heterocycles. The van der Waals surface area contributed by atoms with Crippen molar-refractivity contribution in [3.63, 3.8) is 0 Å². The number of hydrogen-bond donors (Lipinski definition) is 0. The van der Waals surface area contributed by atoms with Crippen LogP contribution in [0.4, 0.5) is 0 Å². The molecule has 0 saturated carbocycles. The van der Waals surface area contributed by atoms with Crippen LogP contribution in [-0.2, 0) is 4.74 Å². The van der Waals surface area contributed by atoms with E-state index < -0.39 is 0 Å². The highest BCUT2D eigenvalue weighted by Crippen LogP contribution is 2.35. The molecule has 2 aliphatic rings. The fourth-order valence-corrected chi connectivity index (χ4v) is 2.36. The monoisotopic (exact) mass is 166 g/mol. The summed E-state index contributed by atoms with van der Waals surface area (Å²) in [5, 5.41) is 0. The summed E-state index contributed by atoms with van der Waals surface area (Å²) >= 11 is 0. The van der Waals surface area contributed by atoms with Crippen molar-refractivity contribution in [1.29, 1.82) is 0 Å². The van der Waals surface area contributed by atoms with Gasteiger partial charge < -0.3 is 4.74 Å². The van der Waals surface area contributed by atoms with Crippen molar-refractivity contribution in [3.8, 4) is 0 Å². The van der Waals surface area contributed by atoms with Gasteiger partial charge >= 0.3 is 0 Å². The lowest BCUT2D eigenvalue weighted by Crippen LogP contribution is -2.35. The molecule has 0 atom stereocenters. The molecule has 0 aromatic rings. The first-order chi connectivity index (χ1) is 5.91. The molecule has 2 rings (SSSR count). The highest BCUT2D eigenvalue weighted by molar-refractivity contribution is 4.95. The molecular weight excluding hydrogens is 148 g/mol. The highest BCUT2D eigenvalue weighted by Gasteiger charge is 2.32. The molecule has 0 aromatic carbocycles. The van der Waals surface area contributed by atoms with Gasteiger partial charge in [-0.3, -0.25) is 0 Å². The van der Waals surface area contributed by atoms with Gasteiger partial charge in [-0.05, 0) is 44.9 Å². The molecule has 12 heavy (non-hydrogen) atoms. The summed E-state index contributed by atoms with van der Waals surface area (Å²) in [4.78, 5) is 0. The molecule has 0 radical (unpaired) electrons. The molecule has 1 heteroatoms. The first-order valence-corrected chi connectivity index (χ1v) is 5.20. The number of allylic oxidation sites excluding steroid dienone is 2. The molecule has 0 bridgehead atoms. The average Bonchev–Trinajstić information content (AvgIpc) is 2.33. The van der Waals surface area contributed by atoms with E-state index in [0.717, 1.165) is 6.61 Å². The molecule has 0 aromatic heterocycles. The van der Waals surface area contributed by atoms with E-state index >= 15 is 0 Å². The SMILES string of the molecule is C1=CCCC2(CC1)CCCCO2. The Labute approximate surface area is 74.8 Å². The Bertz CT molecular complexity index is 154. The minimum atomic E-state index is 0.280. The summed E-state index contributed by atoms with van der Waals surface area (Å²) in [5.41, 5.74) is 0.280. The summed E-state index contributed by atoms with van der Waals surface area (Å²) in [5.74, 6) is 0. The first kappa shape index (κ1) is 8.31. The Kier molecular flexibility index (Phi) is 2.50. The summed E-state index contributed by atoms with van der Waals surface area (Å²) in [7, 11) is 0. The lowest BCUT2D eigenvalue weighted by atomic mass is 9.86. The molecule has 1 fully saturated rings. The maximum atomic E-state index is 5.95. The van der Waals surface area contributed by atoms with Crippen LogP contribution < -0.4 is 0 Å². The number of hydrogen-bond acceptors (Lipinski definition) is 1. The summed E-state index contributed by atoms with van der Waals surface area (Å²) in [6, 6.07) is 0. The fraction of sp³-hybridized carbons (Fsp3) is 0.818. The molecule has 1 aliphatic heterocycles. The maximum absolute atomic E-state index is 5.95. The van der Waals surface area contributed by atoms with E-state index in [1.807, 2.05) is 0 Å². The van der Waals surface area contributed by atoms with Crippen LogP contribution in [0.15, 0.2) is 12.2 Å². The molecule has 1 spiro atoms. The Morgan fingerprint density at radius 1 is 0.917 bits per heavy atom. The second-order valence-electron chi connectivity index (χ2n) is 4.04. The van der Waals surface area contributed by atoms with Crippen LogP contribution in [0, 0.1) is 0 Å². The van der Waals surface area contributed by atoms with Crippen LogP contribution in [-0.4, -0.2) is 12.2 Å². The van der Waals surface area contributed by atoms with Gasteiger partial charge in [0.25, 0.3) is 0 Å². The topological polar surface area (TPSA) is 9.23 Å². The van der Waals surface area contributed by atoms with Gasteiger partial charge in [-0.2, -0.15) is 0 Å². The van der Waals surface area contributed by atoms with E-state index in [1.165, 1.54) is 44.9 Å². The Morgan fingerprint density at radius 2 is 1.67 bits per heavy atom. The normalized spacial score (nSPS) is 28.7. The van der Waals surface area contributed by atoms with Crippen molar-refractivity contribution in [2.45, 2.75) is 50.5 Å². The van der Waals surface area contributed by atoms with Crippen molar-refractivity contribution in [2.24, 2.45) is 0 Å². The lowest BCUT2D eigenvalue weighted by molar-refractivity contribution is -0.0864. The minimum absolute atomic E-state index is 0.280. The Morgan fingerprint density at radius 3 is 2.25 bits per heavy atom. The van der Waals surface area contributed by atoms with E-state index in [1.54, 1.807) is 0 Å². The van der Waals surface area contributed by atoms with Gasteiger partial charge in [-0.1, -0.05) is 12.2 Å². The predicted octanol–water partition coefficient (Wildman–Crippen LogP) is 3.06.